The number of hydrogen-bond donors (Lipinski definition) is 1. The van der Waals surface area contributed by atoms with Gasteiger partial charge in [0.25, 0.3) is 0 Å². The summed E-state index contributed by atoms with van der Waals surface area (Å²) in [6, 6.07) is 7.65. The molecule has 15 heavy (non-hydrogen) atoms. The van der Waals surface area contributed by atoms with Gasteiger partial charge in [-0.15, -0.1) is 10.2 Å². The lowest BCUT2D eigenvalue weighted by atomic mass is 10.1. The van der Waals surface area contributed by atoms with Crippen LogP contribution >= 0.6 is 0 Å². The zero-order valence-corrected chi connectivity index (χ0v) is 8.77. The molecule has 0 aliphatic rings. The Hall–Kier alpha value is -1.68. The summed E-state index contributed by atoms with van der Waals surface area (Å²) in [7, 11) is 0. The molecule has 1 aromatic heterocycles. The van der Waals surface area contributed by atoms with Crippen LogP contribution < -0.4 is 5.73 Å². The van der Waals surface area contributed by atoms with E-state index in [9.17, 15) is 0 Å². The lowest BCUT2D eigenvalue weighted by Crippen LogP contribution is -2.04. The monoisotopic (exact) mass is 203 g/mol. The number of nitrogens with two attached hydrogens (primary N) is 1. The topological polar surface area (TPSA) is 64.9 Å². The second kappa shape index (κ2) is 3.82. The number of hydrogen-bond acceptors (Lipinski definition) is 4. The number of rotatable bonds is 2. The molecule has 0 spiro atoms. The van der Waals surface area contributed by atoms with E-state index in [1.54, 1.807) is 0 Å². The molecule has 2 aromatic rings. The molecule has 4 nitrogen and oxygen atoms in total. The van der Waals surface area contributed by atoms with Gasteiger partial charge in [-0.3, -0.25) is 0 Å². The number of benzene rings is 1. The molecule has 0 aliphatic heterocycles. The fourth-order valence-electron chi connectivity index (χ4n) is 1.34. The van der Waals surface area contributed by atoms with Crippen molar-refractivity contribution < 1.29 is 4.42 Å². The highest BCUT2D eigenvalue weighted by atomic mass is 16.4. The Morgan fingerprint density at radius 2 is 2.00 bits per heavy atom. The van der Waals surface area contributed by atoms with Crippen LogP contribution in [-0.2, 0) is 0 Å². The Labute approximate surface area is 88.1 Å². The van der Waals surface area contributed by atoms with Crippen molar-refractivity contribution in [2.75, 3.05) is 0 Å². The summed E-state index contributed by atoms with van der Waals surface area (Å²) < 4.78 is 5.46. The van der Waals surface area contributed by atoms with Crippen LogP contribution in [0.5, 0.6) is 0 Å². The van der Waals surface area contributed by atoms with Crippen molar-refractivity contribution in [1.82, 2.24) is 10.2 Å². The first-order valence-corrected chi connectivity index (χ1v) is 4.83. The van der Waals surface area contributed by atoms with Crippen molar-refractivity contribution in [3.63, 3.8) is 0 Å². The highest BCUT2D eigenvalue weighted by Gasteiger charge is 2.12. The quantitative estimate of drug-likeness (QED) is 0.811. The van der Waals surface area contributed by atoms with Crippen molar-refractivity contribution in [3.8, 4) is 11.5 Å². The van der Waals surface area contributed by atoms with E-state index >= 15 is 0 Å². The molecule has 1 heterocycles. The predicted octanol–water partition coefficient (Wildman–Crippen LogP) is 2.06. The van der Waals surface area contributed by atoms with E-state index in [0.717, 1.165) is 11.1 Å². The van der Waals surface area contributed by atoms with Gasteiger partial charge < -0.3 is 10.2 Å². The van der Waals surface area contributed by atoms with E-state index < -0.39 is 0 Å². The van der Waals surface area contributed by atoms with Crippen molar-refractivity contribution in [1.29, 1.82) is 0 Å². The Morgan fingerprint density at radius 3 is 2.60 bits per heavy atom. The van der Waals surface area contributed by atoms with Crippen LogP contribution in [0.3, 0.4) is 0 Å². The summed E-state index contributed by atoms with van der Waals surface area (Å²) in [4.78, 5) is 0. The summed E-state index contributed by atoms with van der Waals surface area (Å²) in [5.74, 6) is 0.994. The first kappa shape index (κ1) is 9.86. The van der Waals surface area contributed by atoms with Crippen LogP contribution in [-0.4, -0.2) is 10.2 Å². The van der Waals surface area contributed by atoms with Crippen LogP contribution in [0.25, 0.3) is 11.5 Å². The fourth-order valence-corrected chi connectivity index (χ4v) is 1.34. The van der Waals surface area contributed by atoms with Gasteiger partial charge in [-0.1, -0.05) is 18.2 Å². The summed E-state index contributed by atoms with van der Waals surface area (Å²) in [5, 5.41) is 7.86. The first-order valence-electron chi connectivity index (χ1n) is 4.83. The predicted molar refractivity (Wildman–Crippen MR) is 57.1 cm³/mol. The van der Waals surface area contributed by atoms with Crippen molar-refractivity contribution >= 4 is 0 Å². The summed E-state index contributed by atoms with van der Waals surface area (Å²) in [6.07, 6.45) is 0. The number of nitrogens with zero attached hydrogens (tertiary/aromatic N) is 2. The minimum absolute atomic E-state index is 0.227. The Morgan fingerprint density at radius 1 is 1.27 bits per heavy atom. The zero-order valence-electron chi connectivity index (χ0n) is 8.77. The molecule has 0 amide bonds. The minimum Gasteiger partial charge on any atom is -0.419 e. The van der Waals surface area contributed by atoms with E-state index in [1.165, 1.54) is 0 Å². The molecule has 78 valence electrons. The normalized spacial score (nSPS) is 12.7. The van der Waals surface area contributed by atoms with Crippen molar-refractivity contribution in [3.05, 3.63) is 35.7 Å². The van der Waals surface area contributed by atoms with Crippen LogP contribution in [0.15, 0.2) is 28.7 Å². The average Bonchev–Trinajstić information content (AvgIpc) is 2.67. The molecular weight excluding hydrogens is 190 g/mol. The molecule has 4 heteroatoms. The fraction of sp³-hybridized carbons (Fsp3) is 0.273. The van der Waals surface area contributed by atoms with Gasteiger partial charge in [-0.05, 0) is 25.5 Å². The third-order valence-electron chi connectivity index (χ3n) is 2.21. The number of aryl methyl sites for hydroxylation is 1. The molecular formula is C11H13N3O. The van der Waals surface area contributed by atoms with E-state index in [1.807, 2.05) is 38.1 Å². The Kier molecular flexibility index (Phi) is 2.51. The molecule has 0 saturated carbocycles. The smallest absolute Gasteiger partial charge is 0.248 e. The molecule has 0 radical (unpaired) electrons. The highest BCUT2D eigenvalue weighted by molar-refractivity contribution is 5.57. The maximum Gasteiger partial charge on any atom is 0.248 e. The molecule has 0 aliphatic carbocycles. The van der Waals surface area contributed by atoms with Gasteiger partial charge in [-0.2, -0.15) is 0 Å². The second-order valence-corrected chi connectivity index (χ2v) is 3.55. The van der Waals surface area contributed by atoms with Crippen LogP contribution in [0.4, 0.5) is 0 Å². The molecule has 0 bridgehead atoms. The first-order chi connectivity index (χ1) is 7.18. The molecule has 2 N–H and O–H groups in total. The minimum atomic E-state index is -0.227. The van der Waals surface area contributed by atoms with E-state index in [4.69, 9.17) is 10.2 Å². The van der Waals surface area contributed by atoms with Gasteiger partial charge in [0.2, 0.25) is 11.8 Å². The van der Waals surface area contributed by atoms with Gasteiger partial charge >= 0.3 is 0 Å². The maximum atomic E-state index is 5.65. The molecule has 0 fully saturated rings. The van der Waals surface area contributed by atoms with Crippen molar-refractivity contribution in [2.45, 2.75) is 19.9 Å². The standard InChI is InChI=1S/C11H13N3O/c1-7-5-3-4-6-9(7)11-14-13-10(15-11)8(2)12/h3-6,8H,12H2,1-2H3/t8-/m1/s1. The summed E-state index contributed by atoms with van der Waals surface area (Å²) in [6.45, 7) is 3.82. The highest BCUT2D eigenvalue weighted by Crippen LogP contribution is 2.22. The number of aromatic nitrogens is 2. The second-order valence-electron chi connectivity index (χ2n) is 3.55. The molecule has 1 aromatic carbocycles. The molecule has 0 saturated heterocycles. The Balaban J connectivity index is 2.42. The summed E-state index contributed by atoms with van der Waals surface area (Å²) in [5.41, 5.74) is 7.71. The van der Waals surface area contributed by atoms with Gasteiger partial charge in [0.15, 0.2) is 0 Å². The van der Waals surface area contributed by atoms with E-state index in [2.05, 4.69) is 10.2 Å². The van der Waals surface area contributed by atoms with Gasteiger partial charge in [0.05, 0.1) is 6.04 Å². The van der Waals surface area contributed by atoms with Crippen LogP contribution in [0, 0.1) is 6.92 Å². The van der Waals surface area contributed by atoms with E-state index in [0.29, 0.717) is 11.8 Å². The Bertz CT molecular complexity index is 462. The van der Waals surface area contributed by atoms with Crippen LogP contribution in [0.2, 0.25) is 0 Å². The SMILES string of the molecule is Cc1ccccc1-c1nnc([C@@H](C)N)o1. The van der Waals surface area contributed by atoms with Crippen LogP contribution in [0.1, 0.15) is 24.4 Å². The lowest BCUT2D eigenvalue weighted by molar-refractivity contribution is 0.473. The van der Waals surface area contributed by atoms with Gasteiger partial charge in [0, 0.05) is 5.56 Å². The van der Waals surface area contributed by atoms with Gasteiger partial charge in [0.1, 0.15) is 0 Å². The maximum absolute atomic E-state index is 5.65. The van der Waals surface area contributed by atoms with Gasteiger partial charge in [-0.25, -0.2) is 0 Å². The largest absolute Gasteiger partial charge is 0.419 e. The molecule has 1 atom stereocenters. The average molecular weight is 203 g/mol. The lowest BCUT2D eigenvalue weighted by Gasteiger charge is -1.99. The zero-order chi connectivity index (χ0) is 10.8. The third kappa shape index (κ3) is 1.89. The molecule has 0 unspecified atom stereocenters. The summed E-state index contributed by atoms with van der Waals surface area (Å²) >= 11 is 0. The third-order valence-corrected chi connectivity index (χ3v) is 2.21. The van der Waals surface area contributed by atoms with Crippen molar-refractivity contribution in [2.24, 2.45) is 5.73 Å². The van der Waals surface area contributed by atoms with E-state index in [-0.39, 0.29) is 6.04 Å². The molecule has 2 rings (SSSR count).